The molecule has 0 aromatic heterocycles. The quantitative estimate of drug-likeness (QED) is 0.757. The van der Waals surface area contributed by atoms with Gasteiger partial charge in [0, 0.05) is 5.02 Å². The Labute approximate surface area is 107 Å². The third-order valence-corrected chi connectivity index (χ3v) is 2.81. The van der Waals surface area contributed by atoms with E-state index in [1.165, 1.54) is 0 Å². The zero-order chi connectivity index (χ0) is 12.3. The standard InChI is InChI=1S/C15H15ClO/c1-11-8-13(10-14(16)9-11)12(2)17-15-6-4-3-5-7-15/h3-10,12H,1-2H3. The van der Waals surface area contributed by atoms with E-state index in [0.29, 0.717) is 0 Å². The summed E-state index contributed by atoms with van der Waals surface area (Å²) in [6, 6.07) is 15.8. The SMILES string of the molecule is Cc1cc(Cl)cc(C(C)Oc2ccccc2)c1. The predicted molar refractivity (Wildman–Crippen MR) is 71.7 cm³/mol. The Hall–Kier alpha value is -1.47. The number of rotatable bonds is 3. The van der Waals surface area contributed by atoms with Crippen LogP contribution in [-0.4, -0.2) is 0 Å². The molecule has 1 unspecified atom stereocenters. The minimum Gasteiger partial charge on any atom is -0.486 e. The summed E-state index contributed by atoms with van der Waals surface area (Å²) in [7, 11) is 0. The van der Waals surface area contributed by atoms with Crippen molar-refractivity contribution >= 4 is 11.6 Å². The molecule has 0 N–H and O–H groups in total. The monoisotopic (exact) mass is 246 g/mol. The molecule has 0 fully saturated rings. The maximum atomic E-state index is 6.04. The van der Waals surface area contributed by atoms with Gasteiger partial charge in [-0.3, -0.25) is 0 Å². The van der Waals surface area contributed by atoms with Crippen molar-refractivity contribution in [3.63, 3.8) is 0 Å². The summed E-state index contributed by atoms with van der Waals surface area (Å²) in [5.74, 6) is 0.873. The van der Waals surface area contributed by atoms with E-state index in [4.69, 9.17) is 16.3 Å². The number of benzene rings is 2. The molecule has 2 heteroatoms. The van der Waals surface area contributed by atoms with Gasteiger partial charge < -0.3 is 4.74 Å². The normalized spacial score (nSPS) is 12.2. The second-order valence-corrected chi connectivity index (χ2v) is 4.57. The molecule has 2 aromatic carbocycles. The van der Waals surface area contributed by atoms with E-state index in [1.807, 2.05) is 56.3 Å². The highest BCUT2D eigenvalue weighted by Crippen LogP contribution is 2.24. The average Bonchev–Trinajstić information content (AvgIpc) is 2.29. The second-order valence-electron chi connectivity index (χ2n) is 4.14. The van der Waals surface area contributed by atoms with Gasteiger partial charge in [-0.05, 0) is 49.2 Å². The van der Waals surface area contributed by atoms with E-state index >= 15 is 0 Å². The lowest BCUT2D eigenvalue weighted by molar-refractivity contribution is 0.227. The number of aryl methyl sites for hydroxylation is 1. The van der Waals surface area contributed by atoms with Crippen LogP contribution in [0.4, 0.5) is 0 Å². The van der Waals surface area contributed by atoms with Crippen LogP contribution in [-0.2, 0) is 0 Å². The van der Waals surface area contributed by atoms with Crippen LogP contribution in [0.15, 0.2) is 48.5 Å². The van der Waals surface area contributed by atoms with Gasteiger partial charge in [0.25, 0.3) is 0 Å². The van der Waals surface area contributed by atoms with Gasteiger partial charge in [-0.2, -0.15) is 0 Å². The van der Waals surface area contributed by atoms with E-state index in [-0.39, 0.29) is 6.10 Å². The molecule has 0 aliphatic carbocycles. The summed E-state index contributed by atoms with van der Waals surface area (Å²) in [6.07, 6.45) is -0.00481. The second kappa shape index (κ2) is 5.24. The van der Waals surface area contributed by atoms with Crippen molar-refractivity contribution in [2.45, 2.75) is 20.0 Å². The zero-order valence-corrected chi connectivity index (χ0v) is 10.7. The third-order valence-electron chi connectivity index (χ3n) is 2.59. The fourth-order valence-electron chi connectivity index (χ4n) is 1.77. The first-order valence-electron chi connectivity index (χ1n) is 5.64. The van der Waals surface area contributed by atoms with Crippen molar-refractivity contribution in [1.29, 1.82) is 0 Å². The fraction of sp³-hybridized carbons (Fsp3) is 0.200. The summed E-state index contributed by atoms with van der Waals surface area (Å²) in [6.45, 7) is 4.06. The van der Waals surface area contributed by atoms with E-state index in [1.54, 1.807) is 0 Å². The summed E-state index contributed by atoms with van der Waals surface area (Å²) >= 11 is 6.04. The fourth-order valence-corrected chi connectivity index (χ4v) is 2.07. The molecule has 0 amide bonds. The molecule has 2 rings (SSSR count). The van der Waals surface area contributed by atoms with Gasteiger partial charge >= 0.3 is 0 Å². The van der Waals surface area contributed by atoms with Gasteiger partial charge in [0.2, 0.25) is 0 Å². The summed E-state index contributed by atoms with van der Waals surface area (Å²) in [5.41, 5.74) is 2.25. The average molecular weight is 247 g/mol. The van der Waals surface area contributed by atoms with E-state index in [9.17, 15) is 0 Å². The van der Waals surface area contributed by atoms with E-state index in [0.717, 1.165) is 21.9 Å². The van der Waals surface area contributed by atoms with Crippen molar-refractivity contribution in [1.82, 2.24) is 0 Å². The Morgan fingerprint density at radius 2 is 1.76 bits per heavy atom. The summed E-state index contributed by atoms with van der Waals surface area (Å²) in [4.78, 5) is 0. The molecule has 0 saturated carbocycles. The molecule has 0 saturated heterocycles. The first-order valence-corrected chi connectivity index (χ1v) is 6.02. The Morgan fingerprint density at radius 3 is 2.41 bits per heavy atom. The van der Waals surface area contributed by atoms with Gasteiger partial charge in [-0.15, -0.1) is 0 Å². The van der Waals surface area contributed by atoms with Crippen LogP contribution in [0.5, 0.6) is 5.75 Å². The minimum atomic E-state index is -0.00481. The van der Waals surface area contributed by atoms with E-state index in [2.05, 4.69) is 6.07 Å². The van der Waals surface area contributed by atoms with Gasteiger partial charge in [0.05, 0.1) is 0 Å². The molecule has 0 bridgehead atoms. The number of hydrogen-bond donors (Lipinski definition) is 0. The highest BCUT2D eigenvalue weighted by molar-refractivity contribution is 6.30. The number of hydrogen-bond acceptors (Lipinski definition) is 1. The molecule has 0 heterocycles. The van der Waals surface area contributed by atoms with Crippen LogP contribution < -0.4 is 4.74 Å². The van der Waals surface area contributed by atoms with Crippen LogP contribution in [0.25, 0.3) is 0 Å². The summed E-state index contributed by atoms with van der Waals surface area (Å²) in [5, 5.41) is 0.753. The zero-order valence-electron chi connectivity index (χ0n) is 9.98. The molecule has 88 valence electrons. The molecule has 1 nitrogen and oxygen atoms in total. The highest BCUT2D eigenvalue weighted by atomic mass is 35.5. The lowest BCUT2D eigenvalue weighted by Gasteiger charge is -2.15. The van der Waals surface area contributed by atoms with Gasteiger partial charge in [-0.25, -0.2) is 0 Å². The Kier molecular flexibility index (Phi) is 3.70. The maximum absolute atomic E-state index is 6.04. The van der Waals surface area contributed by atoms with Crippen molar-refractivity contribution < 1.29 is 4.74 Å². The molecular formula is C15H15ClO. The number of halogens is 1. The van der Waals surface area contributed by atoms with Crippen LogP contribution in [0, 0.1) is 6.92 Å². The number of ether oxygens (including phenoxy) is 1. The molecule has 0 aliphatic heterocycles. The van der Waals surface area contributed by atoms with Crippen LogP contribution in [0.3, 0.4) is 0 Å². The lowest BCUT2D eigenvalue weighted by atomic mass is 10.1. The summed E-state index contributed by atoms with van der Waals surface area (Å²) < 4.78 is 5.85. The first-order chi connectivity index (χ1) is 8.15. The van der Waals surface area contributed by atoms with Gasteiger partial charge in [0.1, 0.15) is 11.9 Å². The van der Waals surface area contributed by atoms with Gasteiger partial charge in [-0.1, -0.05) is 35.9 Å². The Bertz CT molecular complexity index is 473. The van der Waals surface area contributed by atoms with Crippen molar-refractivity contribution in [3.8, 4) is 5.75 Å². The highest BCUT2D eigenvalue weighted by Gasteiger charge is 2.08. The molecule has 0 aliphatic rings. The third kappa shape index (κ3) is 3.24. The predicted octanol–water partition coefficient (Wildman–Crippen LogP) is 4.79. The molecule has 0 radical (unpaired) electrons. The van der Waals surface area contributed by atoms with Crippen molar-refractivity contribution in [3.05, 3.63) is 64.7 Å². The molecule has 17 heavy (non-hydrogen) atoms. The molecule has 1 atom stereocenters. The molecule has 0 spiro atoms. The van der Waals surface area contributed by atoms with E-state index < -0.39 is 0 Å². The van der Waals surface area contributed by atoms with Crippen LogP contribution in [0.1, 0.15) is 24.2 Å². The number of para-hydroxylation sites is 1. The molecular weight excluding hydrogens is 232 g/mol. The van der Waals surface area contributed by atoms with Crippen LogP contribution >= 0.6 is 11.6 Å². The maximum Gasteiger partial charge on any atom is 0.121 e. The Balaban J connectivity index is 2.17. The topological polar surface area (TPSA) is 9.23 Å². The lowest BCUT2D eigenvalue weighted by Crippen LogP contribution is -2.03. The van der Waals surface area contributed by atoms with Crippen molar-refractivity contribution in [2.75, 3.05) is 0 Å². The minimum absolute atomic E-state index is 0.00481. The Morgan fingerprint density at radius 1 is 1.06 bits per heavy atom. The largest absolute Gasteiger partial charge is 0.486 e. The first kappa shape index (κ1) is 12.0. The molecule has 2 aromatic rings. The smallest absolute Gasteiger partial charge is 0.121 e. The van der Waals surface area contributed by atoms with Crippen LogP contribution in [0.2, 0.25) is 5.02 Å². The van der Waals surface area contributed by atoms with Crippen molar-refractivity contribution in [2.24, 2.45) is 0 Å². The van der Waals surface area contributed by atoms with Gasteiger partial charge in [0.15, 0.2) is 0 Å².